The molecular weight excluding hydrogens is 248 g/mol. The van der Waals surface area contributed by atoms with Gasteiger partial charge in [-0.25, -0.2) is 4.98 Å². The molecule has 2 heterocycles. The summed E-state index contributed by atoms with van der Waals surface area (Å²) < 4.78 is 0. The highest BCUT2D eigenvalue weighted by atomic mass is 32.1. The van der Waals surface area contributed by atoms with Gasteiger partial charge >= 0.3 is 0 Å². The fraction of sp³-hybridized carbons (Fsp3) is 0.462. The Bertz CT molecular complexity index is 458. The number of aromatic nitrogens is 1. The number of hydrogen-bond acceptors (Lipinski definition) is 4. The lowest BCUT2D eigenvalue weighted by molar-refractivity contribution is 0.714. The van der Waals surface area contributed by atoms with Gasteiger partial charge in [-0.1, -0.05) is 26.8 Å². The molecule has 0 amide bonds. The van der Waals surface area contributed by atoms with Crippen molar-refractivity contribution in [3.05, 3.63) is 28.1 Å². The van der Waals surface area contributed by atoms with Gasteiger partial charge in [-0.05, 0) is 23.9 Å². The molecular formula is C13H18N2S2. The number of thiophene rings is 1. The molecule has 2 rings (SSSR count). The predicted octanol–water partition coefficient (Wildman–Crippen LogP) is 4.10. The van der Waals surface area contributed by atoms with E-state index in [-0.39, 0.29) is 0 Å². The number of nitrogens with one attached hydrogen (secondary N) is 1. The van der Waals surface area contributed by atoms with E-state index in [9.17, 15) is 0 Å². The van der Waals surface area contributed by atoms with Crippen LogP contribution in [0.3, 0.4) is 0 Å². The first-order chi connectivity index (χ1) is 8.22. The van der Waals surface area contributed by atoms with E-state index in [1.54, 1.807) is 11.3 Å². The van der Waals surface area contributed by atoms with Crippen molar-refractivity contribution in [3.63, 3.8) is 0 Å². The SMILES string of the molecule is CCNCc1sc(-c2cccs2)nc1C(C)C. The largest absolute Gasteiger partial charge is 0.312 e. The van der Waals surface area contributed by atoms with Gasteiger partial charge in [-0.15, -0.1) is 22.7 Å². The van der Waals surface area contributed by atoms with Gasteiger partial charge in [0.25, 0.3) is 0 Å². The Morgan fingerprint density at radius 3 is 2.82 bits per heavy atom. The molecule has 0 bridgehead atoms. The third kappa shape index (κ3) is 2.94. The summed E-state index contributed by atoms with van der Waals surface area (Å²) in [5.41, 5.74) is 1.25. The van der Waals surface area contributed by atoms with E-state index in [2.05, 4.69) is 43.6 Å². The van der Waals surface area contributed by atoms with Gasteiger partial charge in [-0.2, -0.15) is 0 Å². The maximum Gasteiger partial charge on any atom is 0.133 e. The number of rotatable bonds is 5. The summed E-state index contributed by atoms with van der Waals surface area (Å²) in [5.74, 6) is 0.494. The summed E-state index contributed by atoms with van der Waals surface area (Å²) in [6.45, 7) is 8.50. The summed E-state index contributed by atoms with van der Waals surface area (Å²) in [7, 11) is 0. The van der Waals surface area contributed by atoms with Gasteiger partial charge in [0.2, 0.25) is 0 Å². The second-order valence-corrected chi connectivity index (χ2v) is 6.27. The minimum Gasteiger partial charge on any atom is -0.312 e. The number of thiazole rings is 1. The first-order valence-electron chi connectivity index (χ1n) is 5.96. The van der Waals surface area contributed by atoms with Crippen molar-refractivity contribution in [3.8, 4) is 9.88 Å². The second-order valence-electron chi connectivity index (χ2n) is 4.24. The Hall–Kier alpha value is -0.710. The summed E-state index contributed by atoms with van der Waals surface area (Å²) in [5, 5.41) is 6.66. The minimum atomic E-state index is 0.494. The predicted molar refractivity (Wildman–Crippen MR) is 76.9 cm³/mol. The third-order valence-corrected chi connectivity index (χ3v) is 4.65. The first-order valence-corrected chi connectivity index (χ1v) is 7.66. The van der Waals surface area contributed by atoms with Gasteiger partial charge < -0.3 is 5.32 Å². The number of nitrogens with zero attached hydrogens (tertiary/aromatic N) is 1. The minimum absolute atomic E-state index is 0.494. The van der Waals surface area contributed by atoms with Gasteiger partial charge in [0.05, 0.1) is 10.6 Å². The van der Waals surface area contributed by atoms with Crippen LogP contribution < -0.4 is 5.32 Å². The zero-order valence-electron chi connectivity index (χ0n) is 10.5. The molecule has 0 saturated carbocycles. The Balaban J connectivity index is 2.30. The van der Waals surface area contributed by atoms with E-state index in [4.69, 9.17) is 4.98 Å². The highest BCUT2D eigenvalue weighted by Crippen LogP contribution is 2.33. The summed E-state index contributed by atoms with van der Waals surface area (Å²) in [6.07, 6.45) is 0. The molecule has 0 unspecified atom stereocenters. The molecule has 0 aromatic carbocycles. The normalized spacial score (nSPS) is 11.3. The van der Waals surface area contributed by atoms with E-state index in [0.29, 0.717) is 5.92 Å². The molecule has 2 aromatic rings. The van der Waals surface area contributed by atoms with E-state index < -0.39 is 0 Å². The molecule has 0 aliphatic carbocycles. The lowest BCUT2D eigenvalue weighted by Crippen LogP contribution is -2.12. The van der Waals surface area contributed by atoms with Crippen LogP contribution in [0.25, 0.3) is 9.88 Å². The third-order valence-electron chi connectivity index (χ3n) is 2.54. The second kappa shape index (κ2) is 5.76. The fourth-order valence-electron chi connectivity index (χ4n) is 1.69. The van der Waals surface area contributed by atoms with Crippen LogP contribution in [0.5, 0.6) is 0 Å². The Morgan fingerprint density at radius 2 is 2.24 bits per heavy atom. The van der Waals surface area contributed by atoms with Crippen molar-refractivity contribution in [2.75, 3.05) is 6.54 Å². The Kier molecular flexibility index (Phi) is 4.31. The molecule has 2 aromatic heterocycles. The van der Waals surface area contributed by atoms with Crippen LogP contribution in [0.4, 0.5) is 0 Å². The van der Waals surface area contributed by atoms with Gasteiger partial charge in [0, 0.05) is 11.4 Å². The molecule has 17 heavy (non-hydrogen) atoms. The van der Waals surface area contributed by atoms with Crippen molar-refractivity contribution in [2.45, 2.75) is 33.2 Å². The molecule has 0 aliphatic heterocycles. The maximum atomic E-state index is 4.79. The maximum absolute atomic E-state index is 4.79. The van der Waals surface area contributed by atoms with Crippen molar-refractivity contribution in [2.24, 2.45) is 0 Å². The lowest BCUT2D eigenvalue weighted by atomic mass is 10.1. The molecule has 0 spiro atoms. The van der Waals surface area contributed by atoms with Crippen LogP contribution in [0, 0.1) is 0 Å². The summed E-state index contributed by atoms with van der Waals surface area (Å²) in [6, 6.07) is 4.23. The highest BCUT2D eigenvalue weighted by Gasteiger charge is 2.15. The molecule has 0 fully saturated rings. The van der Waals surface area contributed by atoms with Crippen LogP contribution >= 0.6 is 22.7 Å². The molecule has 0 radical (unpaired) electrons. The molecule has 4 heteroatoms. The lowest BCUT2D eigenvalue weighted by Gasteiger charge is -2.04. The summed E-state index contributed by atoms with van der Waals surface area (Å²) >= 11 is 3.58. The zero-order chi connectivity index (χ0) is 12.3. The quantitative estimate of drug-likeness (QED) is 0.881. The number of hydrogen-bond donors (Lipinski definition) is 1. The van der Waals surface area contributed by atoms with Crippen LogP contribution in [-0.4, -0.2) is 11.5 Å². The van der Waals surface area contributed by atoms with Crippen molar-refractivity contribution >= 4 is 22.7 Å². The van der Waals surface area contributed by atoms with Gasteiger partial charge in [0.1, 0.15) is 5.01 Å². The molecule has 0 atom stereocenters. The zero-order valence-corrected chi connectivity index (χ0v) is 12.1. The standard InChI is InChI=1S/C13H18N2S2/c1-4-14-8-11-12(9(2)3)15-13(17-11)10-6-5-7-16-10/h5-7,9,14H,4,8H2,1-3H3. The van der Waals surface area contributed by atoms with Gasteiger partial charge in [-0.3, -0.25) is 0 Å². The van der Waals surface area contributed by atoms with Crippen LogP contribution in [0.1, 0.15) is 37.3 Å². The average molecular weight is 266 g/mol. The van der Waals surface area contributed by atoms with Crippen LogP contribution in [0.2, 0.25) is 0 Å². The molecule has 0 aliphatic rings. The average Bonchev–Trinajstić information content (AvgIpc) is 2.94. The highest BCUT2D eigenvalue weighted by molar-refractivity contribution is 7.21. The first kappa shape index (κ1) is 12.7. The van der Waals surface area contributed by atoms with Crippen LogP contribution in [-0.2, 0) is 6.54 Å². The van der Waals surface area contributed by atoms with E-state index in [0.717, 1.165) is 18.1 Å². The smallest absolute Gasteiger partial charge is 0.133 e. The fourth-order valence-corrected chi connectivity index (χ4v) is 3.67. The van der Waals surface area contributed by atoms with Crippen LogP contribution in [0.15, 0.2) is 17.5 Å². The molecule has 1 N–H and O–H groups in total. The van der Waals surface area contributed by atoms with Crippen molar-refractivity contribution < 1.29 is 0 Å². The van der Waals surface area contributed by atoms with Crippen molar-refractivity contribution in [1.29, 1.82) is 0 Å². The summed E-state index contributed by atoms with van der Waals surface area (Å²) in [4.78, 5) is 7.45. The van der Waals surface area contributed by atoms with Gasteiger partial charge in [0.15, 0.2) is 0 Å². The Labute approximate surface area is 111 Å². The van der Waals surface area contributed by atoms with E-state index >= 15 is 0 Å². The Morgan fingerprint density at radius 1 is 1.41 bits per heavy atom. The van der Waals surface area contributed by atoms with Crippen molar-refractivity contribution in [1.82, 2.24) is 10.3 Å². The topological polar surface area (TPSA) is 24.9 Å². The van der Waals surface area contributed by atoms with E-state index in [1.807, 2.05) is 11.3 Å². The van der Waals surface area contributed by atoms with E-state index in [1.165, 1.54) is 15.4 Å². The monoisotopic (exact) mass is 266 g/mol. The molecule has 92 valence electrons. The molecule has 2 nitrogen and oxygen atoms in total. The molecule has 0 saturated heterocycles.